The van der Waals surface area contributed by atoms with Gasteiger partial charge in [0.25, 0.3) is 11.5 Å². The van der Waals surface area contributed by atoms with Crippen LogP contribution in [0.3, 0.4) is 0 Å². The summed E-state index contributed by atoms with van der Waals surface area (Å²) in [5.74, 6) is 0.201. The number of carbonyl (C=O) groups is 1. The van der Waals surface area contributed by atoms with Crippen LogP contribution in [-0.4, -0.2) is 53.9 Å². The van der Waals surface area contributed by atoms with Crippen LogP contribution in [0.15, 0.2) is 65.5 Å². The van der Waals surface area contributed by atoms with Crippen LogP contribution in [0, 0.1) is 5.82 Å². The number of rotatable bonds is 5. The van der Waals surface area contributed by atoms with Gasteiger partial charge < -0.3 is 14.5 Å². The Morgan fingerprint density at radius 1 is 1.03 bits per heavy atom. The van der Waals surface area contributed by atoms with Gasteiger partial charge in [-0.25, -0.2) is 9.07 Å². The summed E-state index contributed by atoms with van der Waals surface area (Å²) in [6, 6.07) is 16.6. The summed E-state index contributed by atoms with van der Waals surface area (Å²) in [7, 11) is 1.63. The Kier molecular flexibility index (Phi) is 5.97. The van der Waals surface area contributed by atoms with Gasteiger partial charge in [-0.1, -0.05) is 12.1 Å². The summed E-state index contributed by atoms with van der Waals surface area (Å²) in [4.78, 5) is 29.1. The van der Waals surface area contributed by atoms with Crippen LogP contribution in [0.5, 0.6) is 5.75 Å². The van der Waals surface area contributed by atoms with E-state index < -0.39 is 0 Å². The number of methoxy groups -OCH3 is 1. The average Bonchev–Trinajstić information content (AvgIpc) is 2.80. The number of halogens is 1. The number of benzene rings is 2. The SMILES string of the molecule is COc1ccc(N2CCN(C(=O)c3ccc(=O)n(Cc4cccc(F)c4)n3)CC2)cc1. The van der Waals surface area contributed by atoms with E-state index >= 15 is 0 Å². The van der Waals surface area contributed by atoms with Gasteiger partial charge in [0, 0.05) is 37.9 Å². The molecule has 8 heteroatoms. The number of ether oxygens (including phenoxy) is 1. The van der Waals surface area contributed by atoms with Crippen molar-refractivity contribution in [1.29, 1.82) is 0 Å². The van der Waals surface area contributed by atoms with Gasteiger partial charge in [0.2, 0.25) is 0 Å². The molecule has 1 saturated heterocycles. The zero-order chi connectivity index (χ0) is 21.8. The van der Waals surface area contributed by atoms with E-state index in [1.165, 1.54) is 28.9 Å². The van der Waals surface area contributed by atoms with E-state index in [1.807, 2.05) is 24.3 Å². The molecule has 1 aliphatic rings. The third-order valence-corrected chi connectivity index (χ3v) is 5.31. The first-order chi connectivity index (χ1) is 15.0. The number of anilines is 1. The highest BCUT2D eigenvalue weighted by atomic mass is 19.1. The van der Waals surface area contributed by atoms with Gasteiger partial charge in [-0.3, -0.25) is 9.59 Å². The number of nitrogens with zero attached hydrogens (tertiary/aromatic N) is 4. The quantitative estimate of drug-likeness (QED) is 0.632. The molecule has 1 fully saturated rings. The Morgan fingerprint density at radius 2 is 1.77 bits per heavy atom. The third kappa shape index (κ3) is 4.74. The zero-order valence-electron chi connectivity index (χ0n) is 17.2. The highest BCUT2D eigenvalue weighted by molar-refractivity contribution is 5.92. The van der Waals surface area contributed by atoms with E-state index in [1.54, 1.807) is 24.1 Å². The number of amides is 1. The van der Waals surface area contributed by atoms with Gasteiger partial charge in [0.1, 0.15) is 17.3 Å². The van der Waals surface area contributed by atoms with E-state index in [0.717, 1.165) is 11.4 Å². The molecule has 1 aliphatic heterocycles. The molecule has 0 saturated carbocycles. The van der Waals surface area contributed by atoms with Crippen LogP contribution < -0.4 is 15.2 Å². The lowest BCUT2D eigenvalue weighted by molar-refractivity contribution is 0.0738. The van der Waals surface area contributed by atoms with Crippen molar-refractivity contribution < 1.29 is 13.9 Å². The molecule has 0 aliphatic carbocycles. The molecule has 0 bridgehead atoms. The van der Waals surface area contributed by atoms with E-state index in [4.69, 9.17) is 4.74 Å². The van der Waals surface area contributed by atoms with Crippen molar-refractivity contribution >= 4 is 11.6 Å². The molecule has 160 valence electrons. The predicted octanol–water partition coefficient (Wildman–Crippen LogP) is 2.40. The lowest BCUT2D eigenvalue weighted by Gasteiger charge is -2.36. The largest absolute Gasteiger partial charge is 0.497 e. The zero-order valence-corrected chi connectivity index (χ0v) is 17.2. The fourth-order valence-corrected chi connectivity index (χ4v) is 3.61. The van der Waals surface area contributed by atoms with Crippen LogP contribution in [0.1, 0.15) is 16.1 Å². The highest BCUT2D eigenvalue weighted by Crippen LogP contribution is 2.21. The molecular formula is C23H23FN4O3. The van der Waals surface area contributed by atoms with E-state index in [-0.39, 0.29) is 29.5 Å². The molecule has 0 N–H and O–H groups in total. The second-order valence-electron chi connectivity index (χ2n) is 7.32. The molecule has 3 aromatic rings. The molecule has 7 nitrogen and oxygen atoms in total. The molecule has 4 rings (SSSR count). The second-order valence-corrected chi connectivity index (χ2v) is 7.32. The number of hydrogen-bond acceptors (Lipinski definition) is 5. The van der Waals surface area contributed by atoms with Crippen molar-refractivity contribution in [3.05, 3.63) is 88.1 Å². The van der Waals surface area contributed by atoms with Crippen molar-refractivity contribution in [2.75, 3.05) is 38.2 Å². The van der Waals surface area contributed by atoms with Gasteiger partial charge >= 0.3 is 0 Å². The normalized spacial score (nSPS) is 13.9. The standard InChI is InChI=1S/C23H23FN4O3/c1-31-20-7-5-19(6-8-20)26-11-13-27(14-12-26)23(30)21-9-10-22(29)28(25-21)16-17-3-2-4-18(24)15-17/h2-10,15H,11-14,16H2,1H3. The molecule has 0 spiro atoms. The molecule has 0 unspecified atom stereocenters. The van der Waals surface area contributed by atoms with Crippen LogP contribution >= 0.6 is 0 Å². The third-order valence-electron chi connectivity index (χ3n) is 5.31. The monoisotopic (exact) mass is 422 g/mol. The van der Waals surface area contributed by atoms with Crippen molar-refractivity contribution in [2.24, 2.45) is 0 Å². The minimum absolute atomic E-state index is 0.100. The summed E-state index contributed by atoms with van der Waals surface area (Å²) in [5.41, 5.74) is 1.54. The van der Waals surface area contributed by atoms with Gasteiger partial charge in [0.15, 0.2) is 0 Å². The van der Waals surface area contributed by atoms with Crippen molar-refractivity contribution in [1.82, 2.24) is 14.7 Å². The smallest absolute Gasteiger partial charge is 0.274 e. The first-order valence-corrected chi connectivity index (χ1v) is 10.0. The van der Waals surface area contributed by atoms with Crippen molar-refractivity contribution in [3.8, 4) is 5.75 Å². The topological polar surface area (TPSA) is 67.7 Å². The van der Waals surface area contributed by atoms with E-state index in [2.05, 4.69) is 10.00 Å². The van der Waals surface area contributed by atoms with E-state index in [0.29, 0.717) is 31.7 Å². The molecule has 2 aromatic carbocycles. The first-order valence-electron chi connectivity index (χ1n) is 10.0. The van der Waals surface area contributed by atoms with Crippen LogP contribution in [0.25, 0.3) is 0 Å². The Morgan fingerprint density at radius 3 is 2.45 bits per heavy atom. The summed E-state index contributed by atoms with van der Waals surface area (Å²) in [6.45, 7) is 2.59. The average molecular weight is 422 g/mol. The van der Waals surface area contributed by atoms with Gasteiger partial charge in [-0.05, 0) is 48.0 Å². The minimum atomic E-state index is -0.382. The Bertz CT molecular complexity index is 1120. The molecular weight excluding hydrogens is 399 g/mol. The lowest BCUT2D eigenvalue weighted by atomic mass is 10.2. The lowest BCUT2D eigenvalue weighted by Crippen LogP contribution is -2.49. The van der Waals surface area contributed by atoms with Gasteiger partial charge in [0.05, 0.1) is 13.7 Å². The summed E-state index contributed by atoms with van der Waals surface area (Å²) >= 11 is 0. The molecule has 0 radical (unpaired) electrons. The summed E-state index contributed by atoms with van der Waals surface area (Å²) in [6.07, 6.45) is 0. The number of hydrogen-bond donors (Lipinski definition) is 0. The van der Waals surface area contributed by atoms with Gasteiger partial charge in [-0.2, -0.15) is 5.10 Å². The second kappa shape index (κ2) is 8.99. The predicted molar refractivity (Wildman–Crippen MR) is 115 cm³/mol. The Labute approximate surface area is 179 Å². The maximum atomic E-state index is 13.4. The molecule has 0 atom stereocenters. The van der Waals surface area contributed by atoms with Crippen LogP contribution in [0.2, 0.25) is 0 Å². The van der Waals surface area contributed by atoms with E-state index in [9.17, 15) is 14.0 Å². The summed E-state index contributed by atoms with van der Waals surface area (Å²) in [5, 5.41) is 4.23. The van der Waals surface area contributed by atoms with Crippen LogP contribution in [0.4, 0.5) is 10.1 Å². The molecule has 2 heterocycles. The van der Waals surface area contributed by atoms with Crippen molar-refractivity contribution in [3.63, 3.8) is 0 Å². The number of piperazine rings is 1. The number of aromatic nitrogens is 2. The Balaban J connectivity index is 1.43. The first kappa shape index (κ1) is 20.6. The summed E-state index contributed by atoms with van der Waals surface area (Å²) < 4.78 is 19.8. The maximum absolute atomic E-state index is 13.4. The highest BCUT2D eigenvalue weighted by Gasteiger charge is 2.23. The number of carbonyl (C=O) groups excluding carboxylic acids is 1. The van der Waals surface area contributed by atoms with Gasteiger partial charge in [-0.15, -0.1) is 0 Å². The van der Waals surface area contributed by atoms with Crippen LogP contribution in [-0.2, 0) is 6.54 Å². The van der Waals surface area contributed by atoms with Crippen molar-refractivity contribution in [2.45, 2.75) is 6.54 Å². The fraction of sp³-hybridized carbons (Fsp3) is 0.261. The molecule has 1 amide bonds. The Hall–Kier alpha value is -3.68. The molecule has 1 aromatic heterocycles. The maximum Gasteiger partial charge on any atom is 0.274 e. The minimum Gasteiger partial charge on any atom is -0.497 e. The fourth-order valence-electron chi connectivity index (χ4n) is 3.61. The molecule has 31 heavy (non-hydrogen) atoms.